The third-order valence-corrected chi connectivity index (χ3v) is 3.57. The van der Waals surface area contributed by atoms with Crippen LogP contribution in [0.1, 0.15) is 0 Å². The highest BCUT2D eigenvalue weighted by molar-refractivity contribution is 6.34. The van der Waals surface area contributed by atoms with Crippen LogP contribution in [0.25, 0.3) is 0 Å². The van der Waals surface area contributed by atoms with Crippen molar-refractivity contribution in [2.45, 2.75) is 0 Å². The molecule has 2 rings (SSSR count). The van der Waals surface area contributed by atoms with Crippen molar-refractivity contribution in [3.05, 3.63) is 45.1 Å². The molecule has 1 fully saturated rings. The average molecular weight is 336 g/mol. The van der Waals surface area contributed by atoms with Crippen LogP contribution in [0.4, 0.5) is 11.4 Å². The maximum atomic E-state index is 12.2. The minimum absolute atomic E-state index is 0.0885. The molecule has 1 saturated heterocycles. The van der Waals surface area contributed by atoms with Crippen LogP contribution in [0.5, 0.6) is 0 Å². The van der Waals surface area contributed by atoms with Gasteiger partial charge in [-0.25, -0.2) is 0 Å². The van der Waals surface area contributed by atoms with E-state index in [-0.39, 0.29) is 22.0 Å². The van der Waals surface area contributed by atoms with Crippen LogP contribution < -0.4 is 10.6 Å². The number of non-ortho nitro benzene ring substituents is 1. The van der Waals surface area contributed by atoms with Gasteiger partial charge in [0.2, 0.25) is 0 Å². The summed E-state index contributed by atoms with van der Waals surface area (Å²) < 4.78 is 0. The van der Waals surface area contributed by atoms with Gasteiger partial charge in [0, 0.05) is 44.5 Å². The van der Waals surface area contributed by atoms with Gasteiger partial charge in [0.15, 0.2) is 0 Å². The second-order valence-corrected chi connectivity index (χ2v) is 5.22. The first-order valence-electron chi connectivity index (χ1n) is 6.83. The van der Waals surface area contributed by atoms with E-state index in [1.54, 1.807) is 0 Å². The molecule has 23 heavy (non-hydrogen) atoms. The number of nitro benzene ring substituents is 1. The van der Waals surface area contributed by atoms with Crippen molar-refractivity contribution in [1.29, 1.82) is 5.26 Å². The Labute approximate surface area is 137 Å². The number of hydrogen-bond acceptors (Lipinski definition) is 6. The first kappa shape index (κ1) is 16.7. The molecule has 0 aromatic heterocycles. The third-order valence-electron chi connectivity index (χ3n) is 3.24. The van der Waals surface area contributed by atoms with E-state index in [0.29, 0.717) is 13.1 Å². The Balaban J connectivity index is 2.16. The number of nitrogens with one attached hydrogen (secondary N) is 2. The molecule has 8 nitrogen and oxygen atoms in total. The van der Waals surface area contributed by atoms with E-state index in [0.717, 1.165) is 19.2 Å². The lowest BCUT2D eigenvalue weighted by Crippen LogP contribution is -2.41. The van der Waals surface area contributed by atoms with Crippen molar-refractivity contribution < 1.29 is 9.72 Å². The highest BCUT2D eigenvalue weighted by atomic mass is 35.5. The fraction of sp³-hybridized carbons (Fsp3) is 0.286. The standard InChI is InChI=1S/C14H14ClN5O3/c15-12-2-1-11(20(22)23)7-13(12)18-14(21)10(8-16)9-19-5-3-17-4-6-19/h1-2,7,9,17H,3-6H2,(H,18,21)/b10-9-. The molecule has 1 heterocycles. The molecule has 0 radical (unpaired) electrons. The Morgan fingerprint density at radius 2 is 2.17 bits per heavy atom. The number of rotatable bonds is 4. The summed E-state index contributed by atoms with van der Waals surface area (Å²) >= 11 is 5.93. The molecule has 120 valence electrons. The van der Waals surface area contributed by atoms with Gasteiger partial charge in [-0.2, -0.15) is 5.26 Å². The van der Waals surface area contributed by atoms with E-state index in [4.69, 9.17) is 16.9 Å². The van der Waals surface area contributed by atoms with E-state index in [1.165, 1.54) is 18.3 Å². The Hall–Kier alpha value is -2.63. The van der Waals surface area contributed by atoms with Crippen molar-refractivity contribution in [2.24, 2.45) is 0 Å². The SMILES string of the molecule is N#C/C(=C/N1CCNCC1)C(=O)Nc1cc([N+](=O)[O-])ccc1Cl. The summed E-state index contributed by atoms with van der Waals surface area (Å²) in [5.41, 5.74) is -0.198. The molecule has 0 atom stereocenters. The van der Waals surface area contributed by atoms with E-state index >= 15 is 0 Å². The molecule has 1 aliphatic rings. The Kier molecular flexibility index (Phi) is 5.51. The van der Waals surface area contributed by atoms with E-state index < -0.39 is 10.8 Å². The largest absolute Gasteiger partial charge is 0.374 e. The number of anilines is 1. The van der Waals surface area contributed by atoms with E-state index in [9.17, 15) is 14.9 Å². The molecule has 0 spiro atoms. The molecule has 0 saturated carbocycles. The van der Waals surface area contributed by atoms with Gasteiger partial charge in [0.25, 0.3) is 11.6 Å². The minimum Gasteiger partial charge on any atom is -0.374 e. The lowest BCUT2D eigenvalue weighted by Gasteiger charge is -2.26. The number of piperazine rings is 1. The zero-order valence-corrected chi connectivity index (χ0v) is 12.8. The number of nitriles is 1. The van der Waals surface area contributed by atoms with Crippen LogP contribution in [-0.4, -0.2) is 41.9 Å². The van der Waals surface area contributed by atoms with Gasteiger partial charge >= 0.3 is 0 Å². The van der Waals surface area contributed by atoms with Crippen molar-refractivity contribution >= 4 is 28.9 Å². The number of halogens is 1. The van der Waals surface area contributed by atoms with Crippen LogP contribution >= 0.6 is 11.6 Å². The number of hydrogen-bond donors (Lipinski definition) is 2. The first-order chi connectivity index (χ1) is 11.0. The second kappa shape index (κ2) is 7.58. The molecule has 1 amide bonds. The summed E-state index contributed by atoms with van der Waals surface area (Å²) in [6.07, 6.45) is 1.49. The van der Waals surface area contributed by atoms with Gasteiger partial charge in [-0.05, 0) is 6.07 Å². The zero-order chi connectivity index (χ0) is 16.8. The molecular formula is C14H14ClN5O3. The number of carbonyl (C=O) groups is 1. The van der Waals surface area contributed by atoms with Crippen LogP contribution in [0.3, 0.4) is 0 Å². The molecule has 0 unspecified atom stereocenters. The molecule has 0 aliphatic carbocycles. The topological polar surface area (TPSA) is 111 Å². The average Bonchev–Trinajstić information content (AvgIpc) is 2.55. The number of carbonyl (C=O) groups excluding carboxylic acids is 1. The summed E-state index contributed by atoms with van der Waals surface area (Å²) in [6.45, 7) is 2.92. The molecule has 0 bridgehead atoms. The number of benzene rings is 1. The quantitative estimate of drug-likeness (QED) is 0.373. The van der Waals surface area contributed by atoms with E-state index in [2.05, 4.69) is 10.6 Å². The summed E-state index contributed by atoms with van der Waals surface area (Å²) in [4.78, 5) is 24.2. The summed E-state index contributed by atoms with van der Waals surface area (Å²) in [6, 6.07) is 5.55. The van der Waals surface area contributed by atoms with Crippen molar-refractivity contribution in [2.75, 3.05) is 31.5 Å². The van der Waals surface area contributed by atoms with Crippen molar-refractivity contribution in [3.63, 3.8) is 0 Å². The lowest BCUT2D eigenvalue weighted by molar-refractivity contribution is -0.384. The predicted molar refractivity (Wildman–Crippen MR) is 84.9 cm³/mol. The van der Waals surface area contributed by atoms with Crippen molar-refractivity contribution in [1.82, 2.24) is 10.2 Å². The maximum Gasteiger partial charge on any atom is 0.271 e. The van der Waals surface area contributed by atoms with Crippen LogP contribution in [-0.2, 0) is 4.79 Å². The molecule has 1 aliphatic heterocycles. The normalized spacial score (nSPS) is 15.0. The Morgan fingerprint density at radius 3 is 2.78 bits per heavy atom. The highest BCUT2D eigenvalue weighted by Crippen LogP contribution is 2.27. The third kappa shape index (κ3) is 4.42. The number of amides is 1. The van der Waals surface area contributed by atoms with Gasteiger partial charge in [0.1, 0.15) is 11.6 Å². The predicted octanol–water partition coefficient (Wildman–Crippen LogP) is 1.50. The minimum atomic E-state index is -0.659. The summed E-state index contributed by atoms with van der Waals surface area (Å²) in [5.74, 6) is -0.659. The molecule has 1 aromatic carbocycles. The summed E-state index contributed by atoms with van der Waals surface area (Å²) in [7, 11) is 0. The van der Waals surface area contributed by atoms with Gasteiger partial charge in [-0.1, -0.05) is 11.6 Å². The number of nitrogens with zero attached hydrogens (tertiary/aromatic N) is 3. The highest BCUT2D eigenvalue weighted by Gasteiger charge is 2.16. The van der Waals surface area contributed by atoms with Crippen molar-refractivity contribution in [3.8, 4) is 6.07 Å². The molecule has 2 N–H and O–H groups in total. The molecular weight excluding hydrogens is 322 g/mol. The van der Waals surface area contributed by atoms with E-state index in [1.807, 2.05) is 11.0 Å². The fourth-order valence-corrected chi connectivity index (χ4v) is 2.21. The molecule has 9 heteroatoms. The van der Waals surface area contributed by atoms with Crippen LogP contribution in [0.15, 0.2) is 30.0 Å². The smallest absolute Gasteiger partial charge is 0.271 e. The zero-order valence-electron chi connectivity index (χ0n) is 12.1. The summed E-state index contributed by atoms with van der Waals surface area (Å²) in [5, 5.41) is 25.7. The fourth-order valence-electron chi connectivity index (χ4n) is 2.04. The maximum absolute atomic E-state index is 12.2. The second-order valence-electron chi connectivity index (χ2n) is 4.82. The number of nitro groups is 1. The lowest BCUT2D eigenvalue weighted by atomic mass is 10.2. The monoisotopic (exact) mass is 335 g/mol. The van der Waals surface area contributed by atoms with Crippen LogP contribution in [0, 0.1) is 21.4 Å². The van der Waals surface area contributed by atoms with Gasteiger partial charge in [0.05, 0.1) is 15.6 Å². The van der Waals surface area contributed by atoms with Gasteiger partial charge < -0.3 is 15.5 Å². The first-order valence-corrected chi connectivity index (χ1v) is 7.21. The van der Waals surface area contributed by atoms with Gasteiger partial charge in [-0.15, -0.1) is 0 Å². The Bertz CT molecular complexity index is 692. The van der Waals surface area contributed by atoms with Gasteiger partial charge in [-0.3, -0.25) is 14.9 Å². The molecule has 1 aromatic rings. The Morgan fingerprint density at radius 1 is 1.48 bits per heavy atom. The van der Waals surface area contributed by atoms with Crippen LogP contribution in [0.2, 0.25) is 5.02 Å².